The van der Waals surface area contributed by atoms with Crippen LogP contribution in [0, 0.1) is 0 Å². The number of nitrogens with zero attached hydrogens (tertiary/aromatic N) is 3. The van der Waals surface area contributed by atoms with E-state index in [0.29, 0.717) is 38.2 Å². The van der Waals surface area contributed by atoms with Crippen LogP contribution in [-0.4, -0.2) is 74.7 Å². The molecule has 2 aliphatic rings. The molecule has 1 aromatic rings. The summed E-state index contributed by atoms with van der Waals surface area (Å²) in [5.41, 5.74) is 9.78. The summed E-state index contributed by atoms with van der Waals surface area (Å²) in [4.78, 5) is 16.1. The van der Waals surface area contributed by atoms with Gasteiger partial charge in [0.1, 0.15) is 30.5 Å². The van der Waals surface area contributed by atoms with Crippen molar-refractivity contribution in [3.63, 3.8) is 0 Å². The lowest BCUT2D eigenvalue weighted by Gasteiger charge is -2.47. The highest BCUT2D eigenvalue weighted by molar-refractivity contribution is 5.89. The minimum Gasteiger partial charge on any atom is -0.456 e. The number of benzene rings is 1. The molecule has 5 unspecified atom stereocenters. The number of carbonyl (C=O) groups is 1. The van der Waals surface area contributed by atoms with E-state index in [1.807, 2.05) is 13.0 Å². The minimum atomic E-state index is -0.822. The second-order valence-corrected chi connectivity index (χ2v) is 10.9. The Kier molecular flexibility index (Phi) is 14.9. The monoisotopic (exact) mass is 575 g/mol. The summed E-state index contributed by atoms with van der Waals surface area (Å²) in [6.07, 6.45) is 3.93. The van der Waals surface area contributed by atoms with Crippen LogP contribution in [0.15, 0.2) is 35.4 Å². The van der Waals surface area contributed by atoms with Crippen LogP contribution in [0.5, 0.6) is 0 Å². The third kappa shape index (κ3) is 9.94. The van der Waals surface area contributed by atoms with E-state index >= 15 is 0 Å². The molecule has 0 N–H and O–H groups in total. The molecule has 0 amide bonds. The van der Waals surface area contributed by atoms with Crippen molar-refractivity contribution in [2.75, 3.05) is 19.8 Å². The number of esters is 1. The van der Waals surface area contributed by atoms with Gasteiger partial charge in [0.15, 0.2) is 6.29 Å². The standard InChI is InChI=1S/C31H49N3O7/c1-5-8-19-36-26-22(4)39-31(29(38-21-10-7-3)28(26)37-20-9-6-2)41-27-24(33-34-32)17-14-18-25(27)40-30(35)23-15-12-11-13-16-23/h11-13,15-16,22,24-29,31H,5-10,14,17-21H2,1-4H3/t22?,24?,25-,26-,27?,28?,29?,31+/m1/s1. The molecule has 1 aliphatic carbocycles. The molecule has 10 nitrogen and oxygen atoms in total. The van der Waals surface area contributed by atoms with Gasteiger partial charge in [-0.1, -0.05) is 63.3 Å². The number of rotatable bonds is 17. The number of carbonyl (C=O) groups excluding carboxylic acids is 1. The zero-order chi connectivity index (χ0) is 29.5. The molecule has 0 bridgehead atoms. The molecule has 3 rings (SSSR count). The molecule has 41 heavy (non-hydrogen) atoms. The first-order chi connectivity index (χ1) is 20.0. The third-order valence-corrected chi connectivity index (χ3v) is 7.65. The van der Waals surface area contributed by atoms with Gasteiger partial charge in [0.05, 0.1) is 17.7 Å². The van der Waals surface area contributed by atoms with Crippen LogP contribution in [-0.2, 0) is 28.4 Å². The van der Waals surface area contributed by atoms with Crippen LogP contribution in [0.4, 0.5) is 0 Å². The van der Waals surface area contributed by atoms with Gasteiger partial charge in [0.25, 0.3) is 0 Å². The molecule has 1 aliphatic heterocycles. The Morgan fingerprint density at radius 1 is 0.902 bits per heavy atom. The highest BCUT2D eigenvalue weighted by Crippen LogP contribution is 2.34. The first-order valence-electron chi connectivity index (χ1n) is 15.5. The number of unbranched alkanes of at least 4 members (excludes halogenated alkanes) is 3. The lowest BCUT2D eigenvalue weighted by atomic mass is 9.89. The second-order valence-electron chi connectivity index (χ2n) is 10.9. The molecule has 1 saturated heterocycles. The summed E-state index contributed by atoms with van der Waals surface area (Å²) in [7, 11) is 0. The van der Waals surface area contributed by atoms with Crippen LogP contribution < -0.4 is 0 Å². The average Bonchev–Trinajstić information content (AvgIpc) is 2.98. The minimum absolute atomic E-state index is 0.323. The van der Waals surface area contributed by atoms with E-state index in [1.165, 1.54) is 0 Å². The molecular weight excluding hydrogens is 526 g/mol. The zero-order valence-corrected chi connectivity index (χ0v) is 25.2. The van der Waals surface area contributed by atoms with Crippen molar-refractivity contribution in [2.45, 2.75) is 134 Å². The van der Waals surface area contributed by atoms with Gasteiger partial charge in [-0.3, -0.25) is 0 Å². The third-order valence-electron chi connectivity index (χ3n) is 7.65. The summed E-state index contributed by atoms with van der Waals surface area (Å²) in [5, 5.41) is 4.04. The fourth-order valence-corrected chi connectivity index (χ4v) is 5.30. The zero-order valence-electron chi connectivity index (χ0n) is 25.2. The maximum Gasteiger partial charge on any atom is 0.338 e. The van der Waals surface area contributed by atoms with E-state index in [-0.39, 0.29) is 12.2 Å². The molecule has 230 valence electrons. The quantitative estimate of drug-likeness (QED) is 0.0661. The molecule has 8 atom stereocenters. The Bertz CT molecular complexity index is 930. The molecule has 10 heteroatoms. The highest BCUT2D eigenvalue weighted by atomic mass is 16.7. The van der Waals surface area contributed by atoms with Gasteiger partial charge in [-0.05, 0) is 63.1 Å². The summed E-state index contributed by atoms with van der Waals surface area (Å²) >= 11 is 0. The summed E-state index contributed by atoms with van der Waals surface area (Å²) in [6, 6.07) is 8.34. The van der Waals surface area contributed by atoms with Crippen LogP contribution in [0.3, 0.4) is 0 Å². The van der Waals surface area contributed by atoms with Crippen LogP contribution in [0.1, 0.15) is 95.8 Å². The first-order valence-corrected chi connectivity index (χ1v) is 15.5. The van der Waals surface area contributed by atoms with Crippen molar-refractivity contribution in [1.82, 2.24) is 0 Å². The predicted octanol–water partition coefficient (Wildman–Crippen LogP) is 6.76. The number of ether oxygens (including phenoxy) is 6. The van der Waals surface area contributed by atoms with Crippen LogP contribution >= 0.6 is 0 Å². The van der Waals surface area contributed by atoms with Gasteiger partial charge in [0.2, 0.25) is 0 Å². The molecule has 0 radical (unpaired) electrons. The van der Waals surface area contributed by atoms with Gasteiger partial charge in [-0.15, -0.1) is 0 Å². The number of azide groups is 1. The Morgan fingerprint density at radius 2 is 1.51 bits per heavy atom. The Morgan fingerprint density at radius 3 is 2.12 bits per heavy atom. The largest absolute Gasteiger partial charge is 0.456 e. The van der Waals surface area contributed by atoms with Gasteiger partial charge < -0.3 is 28.4 Å². The van der Waals surface area contributed by atoms with E-state index in [1.54, 1.807) is 24.3 Å². The van der Waals surface area contributed by atoms with Crippen molar-refractivity contribution in [3.05, 3.63) is 46.3 Å². The first kappa shape index (κ1) is 33.3. The molecule has 1 heterocycles. The predicted molar refractivity (Wildman–Crippen MR) is 156 cm³/mol. The number of hydrogen-bond acceptors (Lipinski definition) is 8. The molecule has 1 saturated carbocycles. The SMILES string of the molecule is CCCCOC1C(OCCCC)[C@H](OCCCC)C(C)O[C@H]1OC1C(N=[N+]=[N-])CCC[C@H]1OC(=O)c1ccccc1. The Balaban J connectivity index is 1.87. The van der Waals surface area contributed by atoms with Crippen LogP contribution in [0.2, 0.25) is 0 Å². The van der Waals surface area contributed by atoms with E-state index in [0.717, 1.165) is 44.9 Å². The second kappa shape index (κ2) is 18.4. The normalized spacial score (nSPS) is 30.0. The summed E-state index contributed by atoms with van der Waals surface area (Å²) < 4.78 is 38.2. The molecule has 0 aromatic heterocycles. The average molecular weight is 576 g/mol. The molecule has 0 spiro atoms. The van der Waals surface area contributed by atoms with Gasteiger partial charge in [0, 0.05) is 24.7 Å². The lowest BCUT2D eigenvalue weighted by molar-refractivity contribution is -0.331. The molecule has 2 fully saturated rings. The summed E-state index contributed by atoms with van der Waals surface area (Å²) in [6.45, 7) is 10.0. The molecule has 1 aromatic carbocycles. The number of hydrogen-bond donors (Lipinski definition) is 0. The summed E-state index contributed by atoms with van der Waals surface area (Å²) in [5.74, 6) is -0.440. The highest BCUT2D eigenvalue weighted by Gasteiger charge is 2.49. The van der Waals surface area contributed by atoms with Crippen molar-refractivity contribution in [2.24, 2.45) is 5.11 Å². The van der Waals surface area contributed by atoms with Crippen molar-refractivity contribution in [1.29, 1.82) is 0 Å². The lowest BCUT2D eigenvalue weighted by Crippen LogP contribution is -2.62. The Labute approximate surface area is 245 Å². The van der Waals surface area contributed by atoms with Crippen LogP contribution in [0.25, 0.3) is 10.4 Å². The maximum absolute atomic E-state index is 13.0. The van der Waals surface area contributed by atoms with E-state index in [2.05, 4.69) is 30.8 Å². The van der Waals surface area contributed by atoms with Crippen molar-refractivity contribution in [3.8, 4) is 0 Å². The van der Waals surface area contributed by atoms with E-state index in [9.17, 15) is 10.3 Å². The fraction of sp³-hybridized carbons (Fsp3) is 0.774. The van der Waals surface area contributed by atoms with E-state index in [4.69, 9.17) is 28.4 Å². The van der Waals surface area contributed by atoms with E-state index < -0.39 is 42.7 Å². The van der Waals surface area contributed by atoms with Crippen molar-refractivity contribution >= 4 is 5.97 Å². The Hall–Kier alpha value is -2.20. The molecular formula is C31H49N3O7. The van der Waals surface area contributed by atoms with Gasteiger partial charge >= 0.3 is 5.97 Å². The van der Waals surface area contributed by atoms with Crippen molar-refractivity contribution < 1.29 is 33.2 Å². The topological polar surface area (TPSA) is 121 Å². The maximum atomic E-state index is 13.0. The smallest absolute Gasteiger partial charge is 0.338 e. The van der Waals surface area contributed by atoms with Gasteiger partial charge in [-0.25, -0.2) is 4.79 Å². The van der Waals surface area contributed by atoms with Gasteiger partial charge in [-0.2, -0.15) is 0 Å². The fourth-order valence-electron chi connectivity index (χ4n) is 5.30.